The van der Waals surface area contributed by atoms with Crippen molar-refractivity contribution in [3.8, 4) is 0 Å². The van der Waals surface area contributed by atoms with E-state index in [1.165, 1.54) is 0 Å². The van der Waals surface area contributed by atoms with Crippen molar-refractivity contribution in [3.05, 3.63) is 53.4 Å². The van der Waals surface area contributed by atoms with Crippen molar-refractivity contribution in [3.63, 3.8) is 0 Å². The fraction of sp³-hybridized carbons (Fsp3) is 0.250. The smallest absolute Gasteiger partial charge is 0.239 e. The predicted molar refractivity (Wildman–Crippen MR) is 68.2 cm³/mol. The summed E-state index contributed by atoms with van der Waals surface area (Å²) in [6.45, 7) is 1.86. The summed E-state index contributed by atoms with van der Waals surface area (Å²) in [5, 5.41) is 3.62. The van der Waals surface area contributed by atoms with Crippen molar-refractivity contribution < 1.29 is 17.8 Å². The Bertz CT molecular complexity index is 622. The maximum absolute atomic E-state index is 11.7. The molecule has 1 aromatic heterocycles. The summed E-state index contributed by atoms with van der Waals surface area (Å²) >= 11 is 0. The average molecular weight is 282 g/mol. The van der Waals surface area contributed by atoms with Crippen LogP contribution in [0.5, 0.6) is 0 Å². The normalized spacial score (nSPS) is 11.6. The fourth-order valence-corrected chi connectivity index (χ4v) is 2.31. The molecule has 0 unspecified atom stereocenters. The van der Waals surface area contributed by atoms with E-state index in [1.54, 1.807) is 13.0 Å². The summed E-state index contributed by atoms with van der Waals surface area (Å²) in [7, 11) is -3.59. The van der Waals surface area contributed by atoms with Gasteiger partial charge in [-0.3, -0.25) is 4.84 Å². The van der Waals surface area contributed by atoms with Crippen molar-refractivity contribution in [2.24, 2.45) is 0 Å². The van der Waals surface area contributed by atoms with E-state index in [4.69, 9.17) is 9.36 Å². The molecule has 6 nitrogen and oxygen atoms in total. The number of aryl methyl sites for hydroxylation is 1. The van der Waals surface area contributed by atoms with Crippen molar-refractivity contribution in [2.75, 3.05) is 0 Å². The summed E-state index contributed by atoms with van der Waals surface area (Å²) in [4.78, 5) is 7.02. The van der Waals surface area contributed by atoms with Crippen LogP contribution in [-0.2, 0) is 27.2 Å². The second-order valence-corrected chi connectivity index (χ2v) is 5.73. The van der Waals surface area contributed by atoms with Crippen molar-refractivity contribution in [1.82, 2.24) is 10.0 Å². The molecule has 2 aromatic rings. The van der Waals surface area contributed by atoms with Crippen LogP contribution in [0.4, 0.5) is 0 Å². The van der Waals surface area contributed by atoms with E-state index in [0.717, 1.165) is 5.56 Å². The number of nitrogens with zero attached hydrogens (tertiary/aromatic N) is 1. The molecule has 0 spiro atoms. The highest BCUT2D eigenvalue weighted by Crippen LogP contribution is 2.06. The maximum atomic E-state index is 11.7. The van der Waals surface area contributed by atoms with Gasteiger partial charge in [0.15, 0.2) is 0 Å². The van der Waals surface area contributed by atoms with Crippen LogP contribution < -0.4 is 4.89 Å². The highest BCUT2D eigenvalue weighted by atomic mass is 32.2. The Labute approximate surface area is 111 Å². The molecule has 0 bridgehead atoms. The van der Waals surface area contributed by atoms with E-state index in [2.05, 4.69) is 10.0 Å². The zero-order chi connectivity index (χ0) is 13.7. The van der Waals surface area contributed by atoms with E-state index in [1.807, 2.05) is 30.3 Å². The summed E-state index contributed by atoms with van der Waals surface area (Å²) < 4.78 is 28.2. The molecule has 1 heterocycles. The number of benzene rings is 1. The van der Waals surface area contributed by atoms with E-state index in [9.17, 15) is 8.42 Å². The van der Waals surface area contributed by atoms with E-state index in [0.29, 0.717) is 11.5 Å². The van der Waals surface area contributed by atoms with E-state index >= 15 is 0 Å². The highest BCUT2D eigenvalue weighted by Gasteiger charge is 2.14. The lowest BCUT2D eigenvalue weighted by Gasteiger charge is -2.05. The molecule has 0 aliphatic rings. The third-order valence-electron chi connectivity index (χ3n) is 2.28. The number of rotatable bonds is 6. The van der Waals surface area contributed by atoms with Gasteiger partial charge in [-0.15, -0.1) is 0 Å². The van der Waals surface area contributed by atoms with Gasteiger partial charge >= 0.3 is 0 Å². The minimum absolute atomic E-state index is 0.165. The first-order valence-corrected chi connectivity index (χ1v) is 7.28. The highest BCUT2D eigenvalue weighted by molar-refractivity contribution is 7.88. The molecule has 0 radical (unpaired) electrons. The zero-order valence-electron chi connectivity index (χ0n) is 10.4. The molecule has 19 heavy (non-hydrogen) atoms. The quantitative estimate of drug-likeness (QED) is 0.813. The van der Waals surface area contributed by atoms with Gasteiger partial charge in [-0.2, -0.15) is 0 Å². The maximum Gasteiger partial charge on any atom is 0.239 e. The van der Waals surface area contributed by atoms with E-state index in [-0.39, 0.29) is 12.4 Å². The molecular weight excluding hydrogens is 268 g/mol. The Morgan fingerprint density at radius 3 is 2.68 bits per heavy atom. The molecule has 0 aliphatic heterocycles. The summed E-state index contributed by atoms with van der Waals surface area (Å²) in [6, 6.07) is 10.8. The number of hydrogen-bond donors (Lipinski definition) is 1. The SMILES string of the molecule is Cc1cc(CS(=O)(=O)NOCc2ccccc2)no1. The Kier molecular flexibility index (Phi) is 4.31. The summed E-state index contributed by atoms with van der Waals surface area (Å²) in [5.41, 5.74) is 1.22. The molecule has 0 amide bonds. The minimum Gasteiger partial charge on any atom is -0.361 e. The fourth-order valence-electron chi connectivity index (χ4n) is 1.49. The van der Waals surface area contributed by atoms with Gasteiger partial charge in [0.05, 0.1) is 6.61 Å². The summed E-state index contributed by atoms with van der Waals surface area (Å²) in [5.74, 6) is 0.287. The first-order chi connectivity index (χ1) is 9.05. The molecule has 1 aromatic carbocycles. The predicted octanol–water partition coefficient (Wildman–Crippen LogP) is 1.53. The van der Waals surface area contributed by atoms with Gasteiger partial charge in [0.2, 0.25) is 10.0 Å². The van der Waals surface area contributed by atoms with Crippen LogP contribution in [0.3, 0.4) is 0 Å². The zero-order valence-corrected chi connectivity index (χ0v) is 11.2. The number of aromatic nitrogens is 1. The molecule has 102 valence electrons. The van der Waals surface area contributed by atoms with Crippen molar-refractivity contribution in [1.29, 1.82) is 0 Å². The second kappa shape index (κ2) is 5.96. The molecule has 0 saturated carbocycles. The van der Waals surface area contributed by atoms with Crippen LogP contribution in [0.1, 0.15) is 17.0 Å². The molecule has 1 N–H and O–H groups in total. The van der Waals surface area contributed by atoms with Crippen molar-refractivity contribution in [2.45, 2.75) is 19.3 Å². The summed E-state index contributed by atoms with van der Waals surface area (Å²) in [6.07, 6.45) is 0. The van der Waals surface area contributed by atoms with Gasteiger partial charge in [-0.1, -0.05) is 40.4 Å². The van der Waals surface area contributed by atoms with Crippen LogP contribution in [0.2, 0.25) is 0 Å². The molecule has 0 aliphatic carbocycles. The van der Waals surface area contributed by atoms with Crippen LogP contribution in [0, 0.1) is 6.92 Å². The van der Waals surface area contributed by atoms with Crippen LogP contribution >= 0.6 is 0 Å². The molecule has 0 saturated heterocycles. The Balaban J connectivity index is 1.84. The largest absolute Gasteiger partial charge is 0.361 e. The minimum atomic E-state index is -3.59. The first kappa shape index (κ1) is 13.7. The Morgan fingerprint density at radius 1 is 1.32 bits per heavy atom. The van der Waals surface area contributed by atoms with Gasteiger partial charge in [0.25, 0.3) is 0 Å². The third kappa shape index (κ3) is 4.47. The molecule has 2 rings (SSSR count). The lowest BCUT2D eigenvalue weighted by atomic mass is 10.2. The number of nitrogens with one attached hydrogen (secondary N) is 1. The second-order valence-electron chi connectivity index (χ2n) is 4.05. The Hall–Kier alpha value is -1.70. The van der Waals surface area contributed by atoms with Crippen LogP contribution in [0.25, 0.3) is 0 Å². The Morgan fingerprint density at radius 2 is 2.05 bits per heavy atom. The lowest BCUT2D eigenvalue weighted by Crippen LogP contribution is -2.25. The molecule has 0 atom stereocenters. The van der Waals surface area contributed by atoms with Gasteiger partial charge in [-0.05, 0) is 12.5 Å². The average Bonchev–Trinajstić information content (AvgIpc) is 2.75. The number of sulfonamides is 1. The number of hydrogen-bond acceptors (Lipinski definition) is 5. The topological polar surface area (TPSA) is 81.4 Å². The van der Waals surface area contributed by atoms with Crippen molar-refractivity contribution >= 4 is 10.0 Å². The van der Waals surface area contributed by atoms with Gasteiger partial charge < -0.3 is 4.52 Å². The lowest BCUT2D eigenvalue weighted by molar-refractivity contribution is 0.0794. The monoisotopic (exact) mass is 282 g/mol. The molecule has 7 heteroatoms. The van der Waals surface area contributed by atoms with Crippen LogP contribution in [0.15, 0.2) is 40.9 Å². The molecule has 0 fully saturated rings. The first-order valence-electron chi connectivity index (χ1n) is 5.62. The molecular formula is C12H14N2O4S. The van der Waals surface area contributed by atoms with Gasteiger partial charge in [-0.25, -0.2) is 8.42 Å². The van der Waals surface area contributed by atoms with Crippen LogP contribution in [-0.4, -0.2) is 13.6 Å². The van der Waals surface area contributed by atoms with Gasteiger partial charge in [0, 0.05) is 6.07 Å². The van der Waals surface area contributed by atoms with Gasteiger partial charge in [0.1, 0.15) is 17.2 Å². The standard InChI is InChI=1S/C12H14N2O4S/c1-10-7-12(13-18-10)9-19(15,16)14-17-8-11-5-3-2-4-6-11/h2-7,14H,8-9H2,1H3. The third-order valence-corrected chi connectivity index (χ3v) is 3.33. The van der Waals surface area contributed by atoms with E-state index < -0.39 is 10.0 Å².